The van der Waals surface area contributed by atoms with Crippen molar-refractivity contribution < 1.29 is 0 Å². The summed E-state index contributed by atoms with van der Waals surface area (Å²) in [5, 5.41) is 6.68. The molecule has 4 rings (SSSR count). The van der Waals surface area contributed by atoms with Gasteiger partial charge in [0.25, 0.3) is 0 Å². The van der Waals surface area contributed by atoms with Crippen molar-refractivity contribution in [1.82, 2.24) is 15.3 Å². The minimum atomic E-state index is 0.848. The van der Waals surface area contributed by atoms with Gasteiger partial charge in [-0.3, -0.25) is 4.98 Å². The number of rotatable bonds is 3. The van der Waals surface area contributed by atoms with Crippen LogP contribution < -0.4 is 5.32 Å². The van der Waals surface area contributed by atoms with Crippen molar-refractivity contribution in [2.75, 3.05) is 6.54 Å². The van der Waals surface area contributed by atoms with Crippen LogP contribution in [0.2, 0.25) is 0 Å². The summed E-state index contributed by atoms with van der Waals surface area (Å²) in [6.45, 7) is 3.02. The number of hydrogen-bond donors (Lipinski definition) is 1. The molecular weight excluding hydrogens is 302 g/mol. The van der Waals surface area contributed by atoms with Crippen molar-refractivity contribution in [2.45, 2.75) is 13.3 Å². The summed E-state index contributed by atoms with van der Waals surface area (Å²) in [7, 11) is 0. The molecule has 0 fully saturated rings. The molecule has 1 N–H and O–H groups in total. The molecule has 0 aliphatic carbocycles. The van der Waals surface area contributed by atoms with Crippen LogP contribution in [0.15, 0.2) is 55.0 Å². The highest BCUT2D eigenvalue weighted by molar-refractivity contribution is 7.16. The molecule has 0 unspecified atom stereocenters. The summed E-state index contributed by atoms with van der Waals surface area (Å²) in [6, 6.07) is 8.47. The summed E-state index contributed by atoms with van der Waals surface area (Å²) in [5.41, 5.74) is 3.53. The molecule has 23 heavy (non-hydrogen) atoms. The summed E-state index contributed by atoms with van der Waals surface area (Å²) < 4.78 is 0. The number of hydrogen-bond acceptors (Lipinski definition) is 4. The Bertz CT molecular complexity index is 921. The monoisotopic (exact) mass is 319 g/mol. The molecule has 0 atom stereocenters. The van der Waals surface area contributed by atoms with Crippen LogP contribution in [0.3, 0.4) is 0 Å². The summed E-state index contributed by atoms with van der Waals surface area (Å²) in [5.74, 6) is 0. The smallest absolute Gasteiger partial charge is 0.143 e. The molecule has 0 radical (unpaired) electrons. The fourth-order valence-corrected chi connectivity index (χ4v) is 3.81. The lowest BCUT2D eigenvalue weighted by Crippen LogP contribution is -2.10. The Morgan fingerprint density at radius 1 is 1.13 bits per heavy atom. The zero-order valence-electron chi connectivity index (χ0n) is 12.9. The van der Waals surface area contributed by atoms with Gasteiger partial charge in [0.05, 0.1) is 4.88 Å². The topological polar surface area (TPSA) is 37.8 Å². The third-order valence-corrected chi connectivity index (χ3v) is 5.17. The van der Waals surface area contributed by atoms with Crippen molar-refractivity contribution in [3.05, 3.63) is 65.5 Å². The number of fused-ring (bicyclic) bond motifs is 1. The van der Waals surface area contributed by atoms with E-state index < -0.39 is 0 Å². The summed E-state index contributed by atoms with van der Waals surface area (Å²) in [4.78, 5) is 10.5. The van der Waals surface area contributed by atoms with Gasteiger partial charge in [-0.25, -0.2) is 4.98 Å². The largest absolute Gasteiger partial charge is 0.387 e. The molecule has 0 bridgehead atoms. The summed E-state index contributed by atoms with van der Waals surface area (Å²) >= 11 is 1.71. The maximum atomic E-state index is 4.71. The number of aryl methyl sites for hydroxylation is 1. The van der Waals surface area contributed by atoms with E-state index in [2.05, 4.69) is 47.6 Å². The molecule has 0 spiro atoms. The lowest BCUT2D eigenvalue weighted by Gasteiger charge is -2.08. The van der Waals surface area contributed by atoms with Crippen molar-refractivity contribution in [1.29, 1.82) is 0 Å². The van der Waals surface area contributed by atoms with E-state index in [0.717, 1.165) is 23.7 Å². The molecule has 1 aliphatic rings. The van der Waals surface area contributed by atoms with E-state index in [1.54, 1.807) is 11.3 Å². The molecule has 114 valence electrons. The standard InChI is InChI=1S/C19H17N3S/c1-2-13-11-21-18(16-8-4-3-7-15(13)16)19-22-12-17(23-19)14-6-5-9-20-10-14/h3-9,11-12,20H,2,10H2,1H3. The average Bonchev–Trinajstić information content (AvgIpc) is 3.11. The molecule has 3 nitrogen and oxygen atoms in total. The minimum absolute atomic E-state index is 0.848. The molecule has 0 amide bonds. The molecule has 2 aromatic heterocycles. The molecule has 3 heterocycles. The van der Waals surface area contributed by atoms with E-state index in [1.165, 1.54) is 26.8 Å². The number of aromatic nitrogens is 2. The van der Waals surface area contributed by atoms with E-state index in [1.807, 2.05) is 24.7 Å². The van der Waals surface area contributed by atoms with Crippen LogP contribution in [-0.4, -0.2) is 16.5 Å². The second kappa shape index (κ2) is 5.97. The second-order valence-corrected chi connectivity index (χ2v) is 6.52. The van der Waals surface area contributed by atoms with Gasteiger partial charge in [0.15, 0.2) is 0 Å². The number of allylic oxidation sites excluding steroid dienone is 2. The fraction of sp³-hybridized carbons (Fsp3) is 0.158. The van der Waals surface area contributed by atoms with Gasteiger partial charge in [0.2, 0.25) is 0 Å². The lowest BCUT2D eigenvalue weighted by atomic mass is 10.0. The van der Waals surface area contributed by atoms with E-state index in [0.29, 0.717) is 0 Å². The molecule has 3 aromatic rings. The predicted molar refractivity (Wildman–Crippen MR) is 97.3 cm³/mol. The van der Waals surface area contributed by atoms with Crippen LogP contribution in [-0.2, 0) is 6.42 Å². The van der Waals surface area contributed by atoms with Crippen LogP contribution >= 0.6 is 11.3 Å². The van der Waals surface area contributed by atoms with Crippen LogP contribution in [0, 0.1) is 0 Å². The first kappa shape index (κ1) is 14.2. The van der Waals surface area contributed by atoms with E-state index >= 15 is 0 Å². The maximum Gasteiger partial charge on any atom is 0.143 e. The van der Waals surface area contributed by atoms with Gasteiger partial charge < -0.3 is 5.32 Å². The number of dihydropyridines is 1. The molecule has 1 aromatic carbocycles. The number of benzene rings is 1. The van der Waals surface area contributed by atoms with Gasteiger partial charge in [0, 0.05) is 24.3 Å². The third kappa shape index (κ3) is 2.55. The van der Waals surface area contributed by atoms with Gasteiger partial charge in [-0.1, -0.05) is 37.3 Å². The fourth-order valence-electron chi connectivity index (χ4n) is 2.86. The molecular formula is C19H17N3S. The van der Waals surface area contributed by atoms with Crippen LogP contribution in [0.25, 0.3) is 27.0 Å². The number of thiazole rings is 1. The highest BCUT2D eigenvalue weighted by atomic mass is 32.1. The van der Waals surface area contributed by atoms with Gasteiger partial charge in [-0.2, -0.15) is 0 Å². The quantitative estimate of drug-likeness (QED) is 0.776. The molecule has 0 saturated carbocycles. The summed E-state index contributed by atoms with van der Waals surface area (Å²) in [6.07, 6.45) is 11.1. The average molecular weight is 319 g/mol. The molecule has 4 heteroatoms. The van der Waals surface area contributed by atoms with Crippen molar-refractivity contribution in [3.63, 3.8) is 0 Å². The van der Waals surface area contributed by atoms with Crippen molar-refractivity contribution >= 4 is 27.7 Å². The van der Waals surface area contributed by atoms with Crippen LogP contribution in [0.5, 0.6) is 0 Å². The minimum Gasteiger partial charge on any atom is -0.387 e. The van der Waals surface area contributed by atoms with E-state index in [-0.39, 0.29) is 0 Å². The number of nitrogens with one attached hydrogen (secondary N) is 1. The Morgan fingerprint density at radius 2 is 2.00 bits per heavy atom. The molecule has 1 aliphatic heterocycles. The zero-order valence-corrected chi connectivity index (χ0v) is 13.7. The maximum absolute atomic E-state index is 4.71. The number of nitrogens with zero attached hydrogens (tertiary/aromatic N) is 2. The van der Waals surface area contributed by atoms with Crippen LogP contribution in [0.1, 0.15) is 17.4 Å². The zero-order chi connectivity index (χ0) is 15.6. The first-order valence-corrected chi connectivity index (χ1v) is 8.60. The van der Waals surface area contributed by atoms with E-state index in [9.17, 15) is 0 Å². The van der Waals surface area contributed by atoms with Gasteiger partial charge in [-0.15, -0.1) is 11.3 Å². The Hall–Kier alpha value is -2.46. The predicted octanol–water partition coefficient (Wildman–Crippen LogP) is 4.42. The Kier molecular flexibility index (Phi) is 3.67. The highest BCUT2D eigenvalue weighted by Crippen LogP contribution is 2.33. The Labute approximate surface area is 139 Å². The van der Waals surface area contributed by atoms with Crippen molar-refractivity contribution in [3.8, 4) is 10.7 Å². The molecule has 0 saturated heterocycles. The van der Waals surface area contributed by atoms with E-state index in [4.69, 9.17) is 4.98 Å². The third-order valence-electron chi connectivity index (χ3n) is 4.09. The van der Waals surface area contributed by atoms with Gasteiger partial charge in [0.1, 0.15) is 10.7 Å². The lowest BCUT2D eigenvalue weighted by molar-refractivity contribution is 0.988. The SMILES string of the molecule is CCc1cnc(-c2ncc(C3=CC=CNC3)s2)c2ccccc12. The van der Waals surface area contributed by atoms with Crippen LogP contribution in [0.4, 0.5) is 0 Å². The van der Waals surface area contributed by atoms with Gasteiger partial charge in [-0.05, 0) is 35.2 Å². The first-order valence-electron chi connectivity index (χ1n) is 7.79. The number of pyridine rings is 1. The highest BCUT2D eigenvalue weighted by Gasteiger charge is 2.14. The Balaban J connectivity index is 1.82. The first-order chi connectivity index (χ1) is 11.4. The normalized spacial score (nSPS) is 13.9. The Morgan fingerprint density at radius 3 is 2.78 bits per heavy atom. The van der Waals surface area contributed by atoms with Crippen molar-refractivity contribution in [2.24, 2.45) is 0 Å². The second-order valence-electron chi connectivity index (χ2n) is 5.49. The van der Waals surface area contributed by atoms with Gasteiger partial charge >= 0.3 is 0 Å².